The number of nitrogens with zero attached hydrogens (tertiary/aromatic N) is 1. The van der Waals surface area contributed by atoms with Crippen LogP contribution in [0.15, 0.2) is 59.6 Å². The van der Waals surface area contributed by atoms with E-state index in [1.165, 1.54) is 6.07 Å². The highest BCUT2D eigenvalue weighted by Crippen LogP contribution is 2.24. The van der Waals surface area contributed by atoms with Gasteiger partial charge in [-0.1, -0.05) is 6.07 Å². The van der Waals surface area contributed by atoms with Gasteiger partial charge in [0.2, 0.25) is 0 Å². The Morgan fingerprint density at radius 2 is 1.61 bits per heavy atom. The number of pyridine rings is 1. The van der Waals surface area contributed by atoms with Gasteiger partial charge < -0.3 is 10.1 Å². The minimum absolute atomic E-state index is 0.188. The quantitative estimate of drug-likeness (QED) is 0.637. The summed E-state index contributed by atoms with van der Waals surface area (Å²) in [6, 6.07) is 14.4. The number of aromatic nitrogens is 1. The van der Waals surface area contributed by atoms with E-state index in [-0.39, 0.29) is 10.7 Å². The van der Waals surface area contributed by atoms with Crippen LogP contribution in [0.25, 0.3) is 0 Å². The van der Waals surface area contributed by atoms with Gasteiger partial charge in [0.25, 0.3) is 10.0 Å². The molecule has 1 heterocycles. The highest BCUT2D eigenvalue weighted by molar-refractivity contribution is 7.92. The normalized spacial score (nSPS) is 11.1. The molecule has 28 heavy (non-hydrogen) atoms. The number of hydrogen-bond acceptors (Lipinski definition) is 5. The summed E-state index contributed by atoms with van der Waals surface area (Å²) in [6.07, 6.45) is 1.59. The largest absolute Gasteiger partial charge is 0.497 e. The summed E-state index contributed by atoms with van der Waals surface area (Å²) in [5.74, 6) is 0.859. The minimum atomic E-state index is -3.74. The van der Waals surface area contributed by atoms with E-state index in [0.29, 0.717) is 11.3 Å². The molecule has 0 spiro atoms. The molecule has 0 radical (unpaired) electrons. The molecule has 0 bridgehead atoms. The van der Waals surface area contributed by atoms with E-state index in [9.17, 15) is 8.42 Å². The molecule has 146 valence electrons. The van der Waals surface area contributed by atoms with Crippen LogP contribution in [-0.4, -0.2) is 20.5 Å². The van der Waals surface area contributed by atoms with Gasteiger partial charge in [0.1, 0.15) is 11.6 Å². The summed E-state index contributed by atoms with van der Waals surface area (Å²) in [4.78, 5) is 4.40. The van der Waals surface area contributed by atoms with Crippen molar-refractivity contribution in [1.29, 1.82) is 0 Å². The molecule has 2 N–H and O–H groups in total. The topological polar surface area (TPSA) is 80.3 Å². The van der Waals surface area contributed by atoms with E-state index in [1.54, 1.807) is 44.5 Å². The van der Waals surface area contributed by atoms with Crippen LogP contribution in [0.2, 0.25) is 0 Å². The zero-order chi connectivity index (χ0) is 20.3. The molecule has 0 saturated carbocycles. The number of hydrogen-bond donors (Lipinski definition) is 2. The third-order valence-electron chi connectivity index (χ3n) is 4.18. The second kappa shape index (κ2) is 7.90. The van der Waals surface area contributed by atoms with Gasteiger partial charge in [0.15, 0.2) is 0 Å². The van der Waals surface area contributed by atoms with Crippen LogP contribution in [0.5, 0.6) is 5.75 Å². The molecule has 2 aromatic carbocycles. The van der Waals surface area contributed by atoms with Crippen molar-refractivity contribution in [3.05, 3.63) is 71.4 Å². The second-order valence-corrected chi connectivity index (χ2v) is 8.32. The molecule has 0 saturated heterocycles. The van der Waals surface area contributed by atoms with Crippen LogP contribution in [0.4, 0.5) is 17.2 Å². The van der Waals surface area contributed by atoms with Crippen molar-refractivity contribution in [2.24, 2.45) is 0 Å². The Hall–Kier alpha value is -3.06. The van der Waals surface area contributed by atoms with Crippen molar-refractivity contribution in [3.8, 4) is 5.75 Å². The van der Waals surface area contributed by atoms with Gasteiger partial charge in [-0.25, -0.2) is 13.4 Å². The van der Waals surface area contributed by atoms with Crippen LogP contribution in [0.3, 0.4) is 0 Å². The summed E-state index contributed by atoms with van der Waals surface area (Å²) >= 11 is 0. The first kappa shape index (κ1) is 19.7. The molecule has 3 aromatic rings. The van der Waals surface area contributed by atoms with Gasteiger partial charge in [0.05, 0.1) is 23.9 Å². The first-order valence-corrected chi connectivity index (χ1v) is 10.2. The highest BCUT2D eigenvalue weighted by Gasteiger charge is 2.18. The van der Waals surface area contributed by atoms with Gasteiger partial charge >= 0.3 is 0 Å². The van der Waals surface area contributed by atoms with Crippen molar-refractivity contribution < 1.29 is 13.2 Å². The fourth-order valence-corrected chi connectivity index (χ4v) is 4.22. The number of anilines is 3. The molecule has 0 atom stereocenters. The predicted octanol–water partition coefficient (Wildman–Crippen LogP) is 4.56. The Bertz CT molecular complexity index is 1070. The maximum Gasteiger partial charge on any atom is 0.263 e. The molecule has 1 aromatic heterocycles. The number of methoxy groups -OCH3 is 1. The monoisotopic (exact) mass is 397 g/mol. The smallest absolute Gasteiger partial charge is 0.263 e. The first-order valence-electron chi connectivity index (χ1n) is 8.76. The summed E-state index contributed by atoms with van der Waals surface area (Å²) in [5, 5.41) is 3.28. The average Bonchev–Trinajstić information content (AvgIpc) is 2.62. The third kappa shape index (κ3) is 4.61. The van der Waals surface area contributed by atoms with Gasteiger partial charge in [-0.2, -0.15) is 0 Å². The molecule has 0 aliphatic carbocycles. The number of aryl methyl sites for hydroxylation is 3. The van der Waals surface area contributed by atoms with Crippen LogP contribution >= 0.6 is 0 Å². The third-order valence-corrected chi connectivity index (χ3v) is 5.70. The predicted molar refractivity (Wildman–Crippen MR) is 112 cm³/mol. The highest BCUT2D eigenvalue weighted by atomic mass is 32.2. The van der Waals surface area contributed by atoms with Gasteiger partial charge in [-0.15, -0.1) is 0 Å². The molecule has 7 heteroatoms. The zero-order valence-corrected chi connectivity index (χ0v) is 17.1. The fourth-order valence-electron chi connectivity index (χ4n) is 2.98. The Balaban J connectivity index is 1.76. The van der Waals surface area contributed by atoms with Crippen molar-refractivity contribution in [3.63, 3.8) is 0 Å². The Morgan fingerprint density at radius 1 is 0.893 bits per heavy atom. The van der Waals surface area contributed by atoms with E-state index >= 15 is 0 Å². The summed E-state index contributed by atoms with van der Waals surface area (Å²) in [7, 11) is -2.20. The number of benzene rings is 2. The van der Waals surface area contributed by atoms with E-state index in [0.717, 1.165) is 22.5 Å². The fraction of sp³-hybridized carbons (Fsp3) is 0.190. The van der Waals surface area contributed by atoms with E-state index in [1.807, 2.05) is 26.0 Å². The van der Waals surface area contributed by atoms with Crippen molar-refractivity contribution in [2.45, 2.75) is 25.7 Å². The number of sulfonamides is 1. The van der Waals surface area contributed by atoms with E-state index < -0.39 is 10.0 Å². The molecular formula is C21H23N3O3S. The molecule has 0 aliphatic heterocycles. The lowest BCUT2D eigenvalue weighted by Gasteiger charge is -2.12. The van der Waals surface area contributed by atoms with Gasteiger partial charge in [-0.3, -0.25) is 4.72 Å². The molecule has 0 aliphatic rings. The van der Waals surface area contributed by atoms with Gasteiger partial charge in [-0.05, 0) is 79.9 Å². The van der Waals surface area contributed by atoms with Crippen molar-refractivity contribution >= 4 is 27.2 Å². The lowest BCUT2D eigenvalue weighted by Crippen LogP contribution is -2.15. The molecule has 0 unspecified atom stereocenters. The molecule has 0 amide bonds. The van der Waals surface area contributed by atoms with Crippen LogP contribution in [-0.2, 0) is 10.0 Å². The van der Waals surface area contributed by atoms with Crippen molar-refractivity contribution in [2.75, 3.05) is 17.1 Å². The number of nitrogens with one attached hydrogen (secondary N) is 2. The summed E-state index contributed by atoms with van der Waals surface area (Å²) < 4.78 is 33.0. The second-order valence-electron chi connectivity index (χ2n) is 6.67. The van der Waals surface area contributed by atoms with Gasteiger partial charge in [0, 0.05) is 5.69 Å². The Morgan fingerprint density at radius 3 is 2.18 bits per heavy atom. The minimum Gasteiger partial charge on any atom is -0.497 e. The molecular weight excluding hydrogens is 374 g/mol. The lowest BCUT2D eigenvalue weighted by atomic mass is 10.1. The van der Waals surface area contributed by atoms with Crippen molar-refractivity contribution in [1.82, 2.24) is 4.98 Å². The zero-order valence-electron chi connectivity index (χ0n) is 16.3. The molecule has 3 rings (SSSR count). The maximum atomic E-state index is 12.7. The molecule has 0 fully saturated rings. The molecule has 6 nitrogen and oxygen atoms in total. The number of rotatable bonds is 6. The van der Waals surface area contributed by atoms with Crippen LogP contribution in [0, 0.1) is 20.8 Å². The first-order chi connectivity index (χ1) is 13.3. The summed E-state index contributed by atoms with van der Waals surface area (Å²) in [5.41, 5.74) is 4.65. The Labute approximate surface area is 165 Å². The maximum absolute atomic E-state index is 12.7. The van der Waals surface area contributed by atoms with E-state index in [2.05, 4.69) is 21.1 Å². The lowest BCUT2D eigenvalue weighted by molar-refractivity contribution is 0.414. The summed E-state index contributed by atoms with van der Waals surface area (Å²) in [6.45, 7) is 5.80. The number of ether oxygens (including phenoxy) is 1. The van der Waals surface area contributed by atoms with Crippen LogP contribution in [0.1, 0.15) is 16.7 Å². The van der Waals surface area contributed by atoms with Crippen LogP contribution < -0.4 is 14.8 Å². The Kier molecular flexibility index (Phi) is 5.56. The average molecular weight is 398 g/mol. The van der Waals surface area contributed by atoms with E-state index in [4.69, 9.17) is 4.74 Å². The standard InChI is InChI=1S/C21H23N3O3S/c1-14-9-15(2)11-18(10-14)23-17-5-8-21(22-13-17)24-28(25,26)20-7-6-19(27-4)12-16(20)3/h5-13,23H,1-4H3,(H,22,24). The SMILES string of the molecule is COc1ccc(S(=O)(=O)Nc2ccc(Nc3cc(C)cc(C)c3)cn2)c(C)c1.